The van der Waals surface area contributed by atoms with E-state index in [1.165, 1.54) is 13.1 Å². The van der Waals surface area contributed by atoms with Gasteiger partial charge in [-0.3, -0.25) is 14.5 Å². The van der Waals surface area contributed by atoms with Crippen LogP contribution in [0.5, 0.6) is 0 Å². The summed E-state index contributed by atoms with van der Waals surface area (Å²) in [4.78, 5) is 25.8. The van der Waals surface area contributed by atoms with Crippen LogP contribution in [-0.4, -0.2) is 55.0 Å². The number of nitrogens with zero attached hydrogens (tertiary/aromatic N) is 2. The second-order valence-electron chi connectivity index (χ2n) is 3.33. The number of rotatable bonds is 1. The molecule has 2 aliphatic heterocycles. The average molecular weight is 196 g/mol. The van der Waals surface area contributed by atoms with Gasteiger partial charge in [-0.05, 0) is 0 Å². The molecule has 0 aromatic rings. The molecule has 0 saturated carbocycles. The van der Waals surface area contributed by atoms with E-state index in [-0.39, 0.29) is 11.8 Å². The third kappa shape index (κ3) is 1.39. The van der Waals surface area contributed by atoms with E-state index >= 15 is 0 Å². The molecule has 0 aliphatic carbocycles. The van der Waals surface area contributed by atoms with E-state index in [4.69, 9.17) is 4.74 Å². The average Bonchev–Trinajstić information content (AvgIpc) is 2.47. The number of amides is 2. The maximum absolute atomic E-state index is 11.6. The minimum Gasteiger partial charge on any atom is -0.378 e. The predicted octanol–water partition coefficient (Wildman–Crippen LogP) is -0.799. The summed E-state index contributed by atoms with van der Waals surface area (Å²) in [5.74, 6) is -0.451. The number of ether oxygens (including phenoxy) is 1. The fraction of sp³-hybridized carbons (Fsp3) is 0.556. The summed E-state index contributed by atoms with van der Waals surface area (Å²) in [6.07, 6.45) is 1.40. The second kappa shape index (κ2) is 3.42. The van der Waals surface area contributed by atoms with E-state index in [0.717, 1.165) is 4.90 Å². The van der Waals surface area contributed by atoms with Crippen LogP contribution in [-0.2, 0) is 14.3 Å². The fourth-order valence-electron chi connectivity index (χ4n) is 1.58. The Kier molecular flexibility index (Phi) is 2.25. The van der Waals surface area contributed by atoms with Crippen molar-refractivity contribution in [1.29, 1.82) is 0 Å². The lowest BCUT2D eigenvalue weighted by Gasteiger charge is -2.28. The molecule has 1 fully saturated rings. The fourth-order valence-corrected chi connectivity index (χ4v) is 1.58. The van der Waals surface area contributed by atoms with Crippen LogP contribution in [0, 0.1) is 0 Å². The number of carbonyl (C=O) groups excluding carboxylic acids is 2. The van der Waals surface area contributed by atoms with Crippen LogP contribution in [0.2, 0.25) is 0 Å². The molecule has 76 valence electrons. The summed E-state index contributed by atoms with van der Waals surface area (Å²) >= 11 is 0. The van der Waals surface area contributed by atoms with Crippen LogP contribution in [0.4, 0.5) is 0 Å². The van der Waals surface area contributed by atoms with Crippen molar-refractivity contribution in [2.75, 3.05) is 33.4 Å². The Balaban J connectivity index is 2.14. The molecule has 0 unspecified atom stereocenters. The van der Waals surface area contributed by atoms with E-state index < -0.39 is 0 Å². The van der Waals surface area contributed by atoms with Gasteiger partial charge in [-0.1, -0.05) is 0 Å². The number of hydrogen-bond acceptors (Lipinski definition) is 4. The van der Waals surface area contributed by atoms with Crippen molar-refractivity contribution < 1.29 is 14.3 Å². The number of carbonyl (C=O) groups is 2. The van der Waals surface area contributed by atoms with Gasteiger partial charge in [0.05, 0.1) is 13.2 Å². The SMILES string of the molecule is CN1C(=O)C=C(N2CCOCC2)C1=O. The Hall–Kier alpha value is -1.36. The molecule has 0 bridgehead atoms. The molecule has 0 aromatic carbocycles. The zero-order valence-electron chi connectivity index (χ0n) is 8.02. The zero-order chi connectivity index (χ0) is 10.1. The standard InChI is InChI=1S/C9H12N2O3/c1-10-8(12)6-7(9(10)13)11-2-4-14-5-3-11/h6H,2-5H2,1H3. The number of imide groups is 1. The summed E-state index contributed by atoms with van der Waals surface area (Å²) in [6.45, 7) is 2.59. The molecular weight excluding hydrogens is 184 g/mol. The topological polar surface area (TPSA) is 49.9 Å². The second-order valence-corrected chi connectivity index (χ2v) is 3.33. The van der Waals surface area contributed by atoms with Crippen molar-refractivity contribution in [3.63, 3.8) is 0 Å². The van der Waals surface area contributed by atoms with Crippen LogP contribution in [0.3, 0.4) is 0 Å². The normalized spacial score (nSPS) is 23.1. The summed E-state index contributed by atoms with van der Waals surface area (Å²) in [5.41, 5.74) is 0.501. The van der Waals surface area contributed by atoms with Crippen molar-refractivity contribution in [1.82, 2.24) is 9.80 Å². The van der Waals surface area contributed by atoms with Crippen molar-refractivity contribution in [3.8, 4) is 0 Å². The largest absolute Gasteiger partial charge is 0.378 e. The molecule has 0 N–H and O–H groups in total. The first kappa shape index (κ1) is 9.21. The molecule has 2 aliphatic rings. The van der Waals surface area contributed by atoms with E-state index in [9.17, 15) is 9.59 Å². The summed E-state index contributed by atoms with van der Waals surface area (Å²) in [5, 5.41) is 0. The van der Waals surface area contributed by atoms with Crippen molar-refractivity contribution in [2.24, 2.45) is 0 Å². The van der Waals surface area contributed by atoms with E-state index in [1.54, 1.807) is 0 Å². The van der Waals surface area contributed by atoms with E-state index in [0.29, 0.717) is 32.0 Å². The van der Waals surface area contributed by atoms with Crippen molar-refractivity contribution in [3.05, 3.63) is 11.8 Å². The van der Waals surface area contributed by atoms with Gasteiger partial charge in [0.2, 0.25) is 0 Å². The van der Waals surface area contributed by atoms with Gasteiger partial charge in [-0.2, -0.15) is 0 Å². The third-order valence-electron chi connectivity index (χ3n) is 2.47. The van der Waals surface area contributed by atoms with Crippen molar-refractivity contribution >= 4 is 11.8 Å². The minimum absolute atomic E-state index is 0.211. The lowest BCUT2D eigenvalue weighted by atomic mass is 10.3. The van der Waals surface area contributed by atoms with Gasteiger partial charge < -0.3 is 9.64 Å². The van der Waals surface area contributed by atoms with Gasteiger partial charge in [0.25, 0.3) is 11.8 Å². The predicted molar refractivity (Wildman–Crippen MR) is 48.3 cm³/mol. The smallest absolute Gasteiger partial charge is 0.276 e. The first-order chi connectivity index (χ1) is 6.70. The minimum atomic E-state index is -0.239. The lowest BCUT2D eigenvalue weighted by Crippen LogP contribution is -2.39. The van der Waals surface area contributed by atoms with E-state index in [2.05, 4.69) is 0 Å². The Morgan fingerprint density at radius 2 is 1.93 bits per heavy atom. The van der Waals surface area contributed by atoms with Crippen LogP contribution in [0.1, 0.15) is 0 Å². The van der Waals surface area contributed by atoms with Crippen LogP contribution >= 0.6 is 0 Å². The molecule has 5 heteroatoms. The Bertz CT molecular complexity index is 305. The number of hydrogen-bond donors (Lipinski definition) is 0. The highest BCUT2D eigenvalue weighted by Gasteiger charge is 2.31. The summed E-state index contributed by atoms with van der Waals surface area (Å²) in [6, 6.07) is 0. The first-order valence-corrected chi connectivity index (χ1v) is 4.56. The molecule has 0 radical (unpaired) electrons. The van der Waals surface area contributed by atoms with Gasteiger partial charge in [0, 0.05) is 26.2 Å². The number of likely N-dealkylation sites (N-methyl/N-ethyl adjacent to an activating group) is 1. The van der Waals surface area contributed by atoms with Crippen LogP contribution in [0.25, 0.3) is 0 Å². The lowest BCUT2D eigenvalue weighted by molar-refractivity contribution is -0.136. The zero-order valence-corrected chi connectivity index (χ0v) is 8.02. The molecule has 14 heavy (non-hydrogen) atoms. The van der Waals surface area contributed by atoms with Gasteiger partial charge in [0.15, 0.2) is 0 Å². The Labute approximate surface area is 81.9 Å². The first-order valence-electron chi connectivity index (χ1n) is 4.56. The molecule has 0 spiro atoms. The monoisotopic (exact) mass is 196 g/mol. The summed E-state index contributed by atoms with van der Waals surface area (Å²) < 4.78 is 5.17. The Morgan fingerprint density at radius 1 is 1.29 bits per heavy atom. The maximum atomic E-state index is 11.6. The molecule has 2 rings (SSSR count). The molecule has 2 amide bonds. The van der Waals surface area contributed by atoms with Crippen molar-refractivity contribution in [2.45, 2.75) is 0 Å². The van der Waals surface area contributed by atoms with Gasteiger partial charge in [-0.15, -0.1) is 0 Å². The molecule has 1 saturated heterocycles. The van der Waals surface area contributed by atoms with E-state index in [1.807, 2.05) is 4.90 Å². The van der Waals surface area contributed by atoms with Gasteiger partial charge in [0.1, 0.15) is 5.70 Å². The molecule has 5 nitrogen and oxygen atoms in total. The highest BCUT2D eigenvalue weighted by molar-refractivity contribution is 6.15. The Morgan fingerprint density at radius 3 is 2.43 bits per heavy atom. The summed E-state index contributed by atoms with van der Waals surface area (Å²) in [7, 11) is 1.49. The molecule has 0 aromatic heterocycles. The third-order valence-corrected chi connectivity index (χ3v) is 2.47. The highest BCUT2D eigenvalue weighted by Crippen LogP contribution is 2.16. The quantitative estimate of drug-likeness (QED) is 0.515. The van der Waals surface area contributed by atoms with Crippen LogP contribution in [0.15, 0.2) is 11.8 Å². The van der Waals surface area contributed by atoms with Gasteiger partial charge >= 0.3 is 0 Å². The van der Waals surface area contributed by atoms with Crippen LogP contribution < -0.4 is 0 Å². The molecular formula is C9H12N2O3. The highest BCUT2D eigenvalue weighted by atomic mass is 16.5. The number of morpholine rings is 1. The molecule has 2 heterocycles. The maximum Gasteiger partial charge on any atom is 0.276 e. The molecule has 0 atom stereocenters. The van der Waals surface area contributed by atoms with Gasteiger partial charge in [-0.25, -0.2) is 0 Å².